The average Bonchev–Trinajstić information content (AvgIpc) is 2.92. The first-order valence-corrected chi connectivity index (χ1v) is 6.19. The number of anilines is 1. The van der Waals surface area contributed by atoms with E-state index in [0.29, 0.717) is 24.2 Å². The number of carbonyl (C=O) groups is 1. The van der Waals surface area contributed by atoms with E-state index in [1.165, 1.54) is 6.20 Å². The topological polar surface area (TPSA) is 76.1 Å². The maximum atomic E-state index is 11.8. The highest BCUT2D eigenvalue weighted by atomic mass is 16.5. The molecular formula is C12H18N4O2. The number of ether oxygens (including phenoxy) is 1. The molecule has 0 radical (unpaired) electrons. The highest BCUT2D eigenvalue weighted by molar-refractivity contribution is 5.92. The number of nitrogens with one attached hydrogen (secondary N) is 2. The van der Waals surface area contributed by atoms with E-state index in [0.717, 1.165) is 25.9 Å². The maximum Gasteiger partial charge on any atom is 0.271 e. The minimum absolute atomic E-state index is 0.197. The molecule has 6 nitrogen and oxygen atoms in total. The summed E-state index contributed by atoms with van der Waals surface area (Å²) in [5.41, 5.74) is 0.328. The van der Waals surface area contributed by atoms with Crippen molar-refractivity contribution in [3.8, 4) is 0 Å². The number of nitrogens with zero attached hydrogens (tertiary/aromatic N) is 2. The summed E-state index contributed by atoms with van der Waals surface area (Å²) < 4.78 is 5.49. The molecule has 1 fully saturated rings. The van der Waals surface area contributed by atoms with E-state index < -0.39 is 0 Å². The van der Waals surface area contributed by atoms with E-state index in [9.17, 15) is 4.79 Å². The van der Waals surface area contributed by atoms with Gasteiger partial charge in [0.05, 0.1) is 18.5 Å². The van der Waals surface area contributed by atoms with Crippen molar-refractivity contribution >= 4 is 11.7 Å². The van der Waals surface area contributed by atoms with E-state index in [1.807, 2.05) is 0 Å². The van der Waals surface area contributed by atoms with Gasteiger partial charge in [0.1, 0.15) is 11.5 Å². The molecule has 1 saturated heterocycles. The second-order valence-electron chi connectivity index (χ2n) is 4.22. The van der Waals surface area contributed by atoms with Crippen LogP contribution in [0, 0.1) is 0 Å². The third-order valence-corrected chi connectivity index (χ3v) is 2.90. The zero-order valence-electron chi connectivity index (χ0n) is 10.5. The van der Waals surface area contributed by atoms with Gasteiger partial charge < -0.3 is 15.4 Å². The SMILES string of the molecule is CNc1cncc(C(=O)NCCC2CCCO2)n1. The second kappa shape index (κ2) is 6.30. The fourth-order valence-electron chi connectivity index (χ4n) is 1.91. The predicted molar refractivity (Wildman–Crippen MR) is 67.5 cm³/mol. The Morgan fingerprint density at radius 3 is 3.17 bits per heavy atom. The summed E-state index contributed by atoms with van der Waals surface area (Å²) in [5, 5.41) is 5.68. The molecule has 1 aliphatic rings. The quantitative estimate of drug-likeness (QED) is 0.809. The van der Waals surface area contributed by atoms with Crippen LogP contribution in [-0.4, -0.2) is 42.2 Å². The van der Waals surface area contributed by atoms with Crippen LogP contribution in [0.4, 0.5) is 5.82 Å². The van der Waals surface area contributed by atoms with Crippen LogP contribution >= 0.6 is 0 Å². The molecule has 0 aliphatic carbocycles. The summed E-state index contributed by atoms with van der Waals surface area (Å²) in [6.07, 6.45) is 6.38. The molecule has 1 unspecified atom stereocenters. The first-order valence-electron chi connectivity index (χ1n) is 6.19. The lowest BCUT2D eigenvalue weighted by molar-refractivity contribution is 0.0903. The van der Waals surface area contributed by atoms with Crippen molar-refractivity contribution in [2.45, 2.75) is 25.4 Å². The van der Waals surface area contributed by atoms with Gasteiger partial charge in [0.15, 0.2) is 0 Å². The van der Waals surface area contributed by atoms with Crippen LogP contribution in [0.2, 0.25) is 0 Å². The molecule has 1 aromatic heterocycles. The molecule has 0 saturated carbocycles. The van der Waals surface area contributed by atoms with Gasteiger partial charge in [-0.25, -0.2) is 4.98 Å². The highest BCUT2D eigenvalue weighted by Gasteiger charge is 2.15. The summed E-state index contributed by atoms with van der Waals surface area (Å²) in [7, 11) is 1.74. The van der Waals surface area contributed by atoms with Gasteiger partial charge in [0, 0.05) is 20.2 Å². The van der Waals surface area contributed by atoms with E-state index in [4.69, 9.17) is 4.74 Å². The van der Waals surface area contributed by atoms with E-state index >= 15 is 0 Å². The van der Waals surface area contributed by atoms with Crippen molar-refractivity contribution in [3.05, 3.63) is 18.1 Å². The molecule has 1 atom stereocenters. The molecule has 0 spiro atoms. The Morgan fingerprint density at radius 2 is 2.44 bits per heavy atom. The summed E-state index contributed by atoms with van der Waals surface area (Å²) in [6, 6.07) is 0. The van der Waals surface area contributed by atoms with Gasteiger partial charge in [0.25, 0.3) is 5.91 Å². The highest BCUT2D eigenvalue weighted by Crippen LogP contribution is 2.14. The van der Waals surface area contributed by atoms with Gasteiger partial charge in [-0.05, 0) is 19.3 Å². The predicted octanol–water partition coefficient (Wildman–Crippen LogP) is 0.817. The van der Waals surface area contributed by atoms with Crippen molar-refractivity contribution < 1.29 is 9.53 Å². The molecule has 1 amide bonds. The van der Waals surface area contributed by atoms with Crippen LogP contribution in [0.15, 0.2) is 12.4 Å². The minimum atomic E-state index is -0.197. The fraction of sp³-hybridized carbons (Fsp3) is 0.583. The number of hydrogen-bond donors (Lipinski definition) is 2. The Labute approximate surface area is 106 Å². The van der Waals surface area contributed by atoms with Crippen LogP contribution in [0.1, 0.15) is 29.8 Å². The number of rotatable bonds is 5. The lowest BCUT2D eigenvalue weighted by atomic mass is 10.2. The molecule has 1 aliphatic heterocycles. The van der Waals surface area contributed by atoms with Crippen molar-refractivity contribution in [3.63, 3.8) is 0 Å². The van der Waals surface area contributed by atoms with E-state index in [2.05, 4.69) is 20.6 Å². The zero-order chi connectivity index (χ0) is 12.8. The molecule has 2 N–H and O–H groups in total. The van der Waals surface area contributed by atoms with Gasteiger partial charge >= 0.3 is 0 Å². The molecular weight excluding hydrogens is 232 g/mol. The van der Waals surface area contributed by atoms with Crippen LogP contribution in [0.25, 0.3) is 0 Å². The van der Waals surface area contributed by atoms with Crippen LogP contribution < -0.4 is 10.6 Å². The van der Waals surface area contributed by atoms with E-state index in [1.54, 1.807) is 13.2 Å². The van der Waals surface area contributed by atoms with Gasteiger partial charge in [-0.3, -0.25) is 9.78 Å². The molecule has 2 heterocycles. The second-order valence-corrected chi connectivity index (χ2v) is 4.22. The first kappa shape index (κ1) is 12.8. The van der Waals surface area contributed by atoms with Gasteiger partial charge in [-0.2, -0.15) is 0 Å². The number of carbonyl (C=O) groups excluding carboxylic acids is 1. The Hall–Kier alpha value is -1.69. The Morgan fingerprint density at radius 1 is 1.56 bits per heavy atom. The third kappa shape index (κ3) is 3.40. The van der Waals surface area contributed by atoms with Gasteiger partial charge in [-0.15, -0.1) is 0 Å². The van der Waals surface area contributed by atoms with Crippen LogP contribution in [-0.2, 0) is 4.74 Å². The molecule has 6 heteroatoms. The third-order valence-electron chi connectivity index (χ3n) is 2.90. The number of amides is 1. The van der Waals surface area contributed by atoms with Crippen molar-refractivity contribution in [1.82, 2.24) is 15.3 Å². The van der Waals surface area contributed by atoms with Crippen molar-refractivity contribution in [2.75, 3.05) is 25.5 Å². The zero-order valence-corrected chi connectivity index (χ0v) is 10.5. The van der Waals surface area contributed by atoms with Crippen LogP contribution in [0.5, 0.6) is 0 Å². The van der Waals surface area contributed by atoms with Gasteiger partial charge in [0.2, 0.25) is 0 Å². The maximum absolute atomic E-state index is 11.8. The summed E-state index contributed by atoms with van der Waals surface area (Å²) >= 11 is 0. The molecule has 1 aromatic rings. The standard InChI is InChI=1S/C12H18N4O2/c1-13-11-8-14-7-10(16-11)12(17)15-5-4-9-3-2-6-18-9/h7-9H,2-6H2,1H3,(H,13,16)(H,15,17). The summed E-state index contributed by atoms with van der Waals surface area (Å²) in [4.78, 5) is 19.9. The fourth-order valence-corrected chi connectivity index (χ4v) is 1.91. The molecule has 98 valence electrons. The monoisotopic (exact) mass is 250 g/mol. The Kier molecular flexibility index (Phi) is 4.46. The normalized spacial score (nSPS) is 18.6. The largest absolute Gasteiger partial charge is 0.378 e. The van der Waals surface area contributed by atoms with Crippen molar-refractivity contribution in [2.24, 2.45) is 0 Å². The smallest absolute Gasteiger partial charge is 0.271 e. The van der Waals surface area contributed by atoms with Crippen molar-refractivity contribution in [1.29, 1.82) is 0 Å². The Balaban J connectivity index is 1.79. The molecule has 2 rings (SSSR count). The van der Waals surface area contributed by atoms with Crippen LogP contribution in [0.3, 0.4) is 0 Å². The molecule has 0 bridgehead atoms. The Bertz CT molecular complexity index is 405. The molecule has 18 heavy (non-hydrogen) atoms. The summed E-state index contributed by atoms with van der Waals surface area (Å²) in [6.45, 7) is 1.45. The lowest BCUT2D eigenvalue weighted by Gasteiger charge is -2.10. The average molecular weight is 250 g/mol. The van der Waals surface area contributed by atoms with Gasteiger partial charge in [-0.1, -0.05) is 0 Å². The summed E-state index contributed by atoms with van der Waals surface area (Å²) in [5.74, 6) is 0.388. The number of aromatic nitrogens is 2. The molecule has 0 aromatic carbocycles. The van der Waals surface area contributed by atoms with E-state index in [-0.39, 0.29) is 5.91 Å². The first-order chi connectivity index (χ1) is 8.79. The minimum Gasteiger partial charge on any atom is -0.378 e. The number of hydrogen-bond acceptors (Lipinski definition) is 5. The lowest BCUT2D eigenvalue weighted by Crippen LogP contribution is -2.28.